The van der Waals surface area contributed by atoms with E-state index < -0.39 is 0 Å². The zero-order valence-corrected chi connectivity index (χ0v) is 12.3. The Balaban J connectivity index is 2.06. The third kappa shape index (κ3) is 3.84. The largest absolute Gasteiger partial charge is 0.491 e. The summed E-state index contributed by atoms with van der Waals surface area (Å²) < 4.78 is 6.03. The molecular weight excluding hydrogens is 246 g/mol. The summed E-state index contributed by atoms with van der Waals surface area (Å²) in [6.45, 7) is 5.85. The molecule has 0 aliphatic heterocycles. The first-order valence-electron chi connectivity index (χ1n) is 7.34. The zero-order valence-electron chi connectivity index (χ0n) is 12.3. The van der Waals surface area contributed by atoms with Gasteiger partial charge in [-0.05, 0) is 30.2 Å². The average Bonchev–Trinajstić information content (AvgIpc) is 2.52. The molecule has 2 aromatic carbocycles. The van der Waals surface area contributed by atoms with Gasteiger partial charge in [-0.15, -0.1) is 0 Å². The summed E-state index contributed by atoms with van der Waals surface area (Å²) in [5.41, 5.74) is 2.53. The predicted molar refractivity (Wildman–Crippen MR) is 84.2 cm³/mol. The Morgan fingerprint density at radius 2 is 1.65 bits per heavy atom. The van der Waals surface area contributed by atoms with Crippen LogP contribution in [0.3, 0.4) is 0 Å². The van der Waals surface area contributed by atoms with Crippen LogP contribution in [0.1, 0.15) is 31.0 Å². The topological polar surface area (TPSA) is 21.3 Å². The lowest BCUT2D eigenvalue weighted by molar-refractivity contribution is 0.266. The van der Waals surface area contributed by atoms with Crippen LogP contribution in [0, 0.1) is 0 Å². The predicted octanol–water partition coefficient (Wildman–Crippen LogP) is 3.98. The summed E-state index contributed by atoms with van der Waals surface area (Å²) in [6.07, 6.45) is 0.993. The maximum atomic E-state index is 6.03. The molecule has 0 bridgehead atoms. The van der Waals surface area contributed by atoms with Crippen molar-refractivity contribution in [2.75, 3.05) is 13.2 Å². The molecule has 1 N–H and O–H groups in total. The van der Waals surface area contributed by atoms with Crippen LogP contribution in [-0.2, 0) is 6.42 Å². The molecule has 2 aromatic rings. The van der Waals surface area contributed by atoms with Gasteiger partial charge in [0.15, 0.2) is 0 Å². The van der Waals surface area contributed by atoms with Gasteiger partial charge in [0, 0.05) is 0 Å². The van der Waals surface area contributed by atoms with Crippen LogP contribution in [0.4, 0.5) is 0 Å². The number of para-hydroxylation sites is 1. The first-order valence-corrected chi connectivity index (χ1v) is 7.34. The highest BCUT2D eigenvalue weighted by atomic mass is 16.5. The fourth-order valence-corrected chi connectivity index (χ4v) is 2.31. The summed E-state index contributed by atoms with van der Waals surface area (Å²) in [5, 5.41) is 3.48. The average molecular weight is 269 g/mol. The first kappa shape index (κ1) is 14.6. The van der Waals surface area contributed by atoms with Crippen molar-refractivity contribution in [3.05, 3.63) is 65.7 Å². The van der Waals surface area contributed by atoms with Crippen LogP contribution < -0.4 is 10.1 Å². The third-order valence-electron chi connectivity index (χ3n) is 3.41. The molecule has 0 saturated carbocycles. The monoisotopic (exact) mass is 269 g/mol. The molecular formula is C18H23NO. The van der Waals surface area contributed by atoms with Gasteiger partial charge in [0.1, 0.15) is 12.4 Å². The Hall–Kier alpha value is -1.80. The SMILES string of the molecule is CCNC(COc1ccccc1CC)c1ccccc1. The van der Waals surface area contributed by atoms with E-state index in [-0.39, 0.29) is 6.04 Å². The molecule has 0 saturated heterocycles. The summed E-state index contributed by atoms with van der Waals surface area (Å²) in [4.78, 5) is 0. The van der Waals surface area contributed by atoms with Crippen molar-refractivity contribution in [1.82, 2.24) is 5.32 Å². The lowest BCUT2D eigenvalue weighted by Gasteiger charge is -2.20. The number of hydrogen-bond acceptors (Lipinski definition) is 2. The minimum atomic E-state index is 0.228. The lowest BCUT2D eigenvalue weighted by atomic mass is 10.1. The summed E-state index contributed by atoms with van der Waals surface area (Å²) in [6, 6.07) is 19.0. The van der Waals surface area contributed by atoms with Crippen LogP contribution in [-0.4, -0.2) is 13.2 Å². The molecule has 0 heterocycles. The van der Waals surface area contributed by atoms with Crippen molar-refractivity contribution < 1.29 is 4.74 Å². The quantitative estimate of drug-likeness (QED) is 0.821. The standard InChI is InChI=1S/C18H23NO/c1-3-15-10-8-9-13-18(15)20-14-17(19-4-2)16-11-6-5-7-12-16/h5-13,17,19H,3-4,14H2,1-2H3. The van der Waals surface area contributed by atoms with Crippen LogP contribution in [0.5, 0.6) is 5.75 Å². The van der Waals surface area contributed by atoms with Gasteiger partial charge in [-0.25, -0.2) is 0 Å². The zero-order chi connectivity index (χ0) is 14.2. The summed E-state index contributed by atoms with van der Waals surface area (Å²) in [5.74, 6) is 0.994. The number of aryl methyl sites for hydroxylation is 1. The van der Waals surface area contributed by atoms with E-state index in [4.69, 9.17) is 4.74 Å². The molecule has 0 radical (unpaired) electrons. The first-order chi connectivity index (χ1) is 9.85. The number of ether oxygens (including phenoxy) is 1. The van der Waals surface area contributed by atoms with Crippen LogP contribution >= 0.6 is 0 Å². The Labute approximate surface area is 121 Å². The molecule has 2 heteroatoms. The molecule has 1 atom stereocenters. The number of nitrogens with one attached hydrogen (secondary N) is 1. The molecule has 0 amide bonds. The van der Waals surface area contributed by atoms with Crippen LogP contribution in [0.15, 0.2) is 54.6 Å². The normalized spacial score (nSPS) is 12.1. The second-order valence-corrected chi connectivity index (χ2v) is 4.79. The lowest BCUT2D eigenvalue weighted by Crippen LogP contribution is -2.26. The van der Waals surface area contributed by atoms with Crippen molar-refractivity contribution in [1.29, 1.82) is 0 Å². The van der Waals surface area contributed by atoms with Gasteiger partial charge in [-0.1, -0.05) is 62.4 Å². The molecule has 0 aliphatic rings. The van der Waals surface area contributed by atoms with E-state index in [1.807, 2.05) is 18.2 Å². The third-order valence-corrected chi connectivity index (χ3v) is 3.41. The maximum absolute atomic E-state index is 6.03. The smallest absolute Gasteiger partial charge is 0.122 e. The van der Waals surface area contributed by atoms with Gasteiger partial charge in [-0.2, -0.15) is 0 Å². The Morgan fingerprint density at radius 1 is 0.950 bits per heavy atom. The molecule has 0 aromatic heterocycles. The molecule has 1 unspecified atom stereocenters. The Morgan fingerprint density at radius 3 is 2.35 bits per heavy atom. The van der Waals surface area contributed by atoms with Gasteiger partial charge in [0.05, 0.1) is 6.04 Å². The molecule has 0 fully saturated rings. The highest BCUT2D eigenvalue weighted by Crippen LogP contribution is 2.21. The van der Waals surface area contributed by atoms with E-state index in [9.17, 15) is 0 Å². The molecule has 0 spiro atoms. The molecule has 106 valence electrons. The minimum Gasteiger partial charge on any atom is -0.491 e. The van der Waals surface area contributed by atoms with Crippen molar-refractivity contribution in [3.8, 4) is 5.75 Å². The second-order valence-electron chi connectivity index (χ2n) is 4.79. The molecule has 2 nitrogen and oxygen atoms in total. The van der Waals surface area contributed by atoms with Gasteiger partial charge in [0.2, 0.25) is 0 Å². The highest BCUT2D eigenvalue weighted by molar-refractivity contribution is 5.33. The van der Waals surface area contributed by atoms with Crippen molar-refractivity contribution in [3.63, 3.8) is 0 Å². The fourth-order valence-electron chi connectivity index (χ4n) is 2.31. The van der Waals surface area contributed by atoms with E-state index in [0.717, 1.165) is 18.7 Å². The van der Waals surface area contributed by atoms with E-state index in [1.54, 1.807) is 0 Å². The van der Waals surface area contributed by atoms with Crippen molar-refractivity contribution in [2.45, 2.75) is 26.3 Å². The number of hydrogen-bond donors (Lipinski definition) is 1. The van der Waals surface area contributed by atoms with Crippen LogP contribution in [0.25, 0.3) is 0 Å². The Bertz CT molecular complexity index is 510. The Kier molecular flexibility index (Phi) is 5.63. The maximum Gasteiger partial charge on any atom is 0.122 e. The van der Waals surface area contributed by atoms with E-state index in [0.29, 0.717) is 6.61 Å². The molecule has 20 heavy (non-hydrogen) atoms. The minimum absolute atomic E-state index is 0.228. The van der Waals surface area contributed by atoms with Crippen molar-refractivity contribution >= 4 is 0 Å². The van der Waals surface area contributed by atoms with Crippen molar-refractivity contribution in [2.24, 2.45) is 0 Å². The summed E-state index contributed by atoms with van der Waals surface area (Å²) >= 11 is 0. The van der Waals surface area contributed by atoms with Gasteiger partial charge >= 0.3 is 0 Å². The second kappa shape index (κ2) is 7.71. The number of likely N-dealkylation sites (N-methyl/N-ethyl adjacent to an activating group) is 1. The van der Waals surface area contributed by atoms with Gasteiger partial charge in [-0.3, -0.25) is 0 Å². The molecule has 0 aliphatic carbocycles. The fraction of sp³-hybridized carbons (Fsp3) is 0.333. The van der Waals surface area contributed by atoms with Gasteiger partial charge in [0.25, 0.3) is 0 Å². The van der Waals surface area contributed by atoms with E-state index >= 15 is 0 Å². The van der Waals surface area contributed by atoms with E-state index in [1.165, 1.54) is 11.1 Å². The number of rotatable bonds is 7. The van der Waals surface area contributed by atoms with Gasteiger partial charge < -0.3 is 10.1 Å². The summed E-state index contributed by atoms with van der Waals surface area (Å²) in [7, 11) is 0. The molecule has 2 rings (SSSR count). The highest BCUT2D eigenvalue weighted by Gasteiger charge is 2.11. The number of benzene rings is 2. The van der Waals surface area contributed by atoms with E-state index in [2.05, 4.69) is 55.6 Å². The van der Waals surface area contributed by atoms with Crippen LogP contribution in [0.2, 0.25) is 0 Å².